The number of carbonyl (C=O) groups excluding carboxylic acids is 1. The van der Waals surface area contributed by atoms with E-state index in [0.717, 1.165) is 36.2 Å². The molecule has 7 heteroatoms. The number of aliphatic hydroxyl groups is 1. The number of halogens is 1. The summed E-state index contributed by atoms with van der Waals surface area (Å²) in [7, 11) is 0. The van der Waals surface area contributed by atoms with Gasteiger partial charge in [0.25, 0.3) is 0 Å². The molecule has 0 bridgehead atoms. The monoisotopic (exact) mass is 429 g/mol. The molecule has 0 saturated carbocycles. The summed E-state index contributed by atoms with van der Waals surface area (Å²) in [4.78, 5) is 21.9. The van der Waals surface area contributed by atoms with Crippen molar-refractivity contribution >= 4 is 22.6 Å². The lowest BCUT2D eigenvalue weighted by atomic mass is 10.0. The average molecular weight is 430 g/mol. The largest absolute Gasteiger partial charge is 0.393 e. The Morgan fingerprint density at radius 2 is 2.06 bits per heavy atom. The number of hydrogen-bond donors (Lipinski definition) is 1. The predicted octanol–water partition coefficient (Wildman–Crippen LogP) is 3.50. The number of aliphatic hydroxyl groups excluding tert-OH is 1. The molecule has 2 saturated heterocycles. The zero-order chi connectivity index (χ0) is 22.0. The van der Waals surface area contributed by atoms with Crippen molar-refractivity contribution in [2.24, 2.45) is 5.92 Å². The highest BCUT2D eigenvalue weighted by Gasteiger charge is 2.27. The first-order valence-corrected chi connectivity index (χ1v) is 11.3. The lowest BCUT2D eigenvalue weighted by Crippen LogP contribution is -2.40. The fourth-order valence-electron chi connectivity index (χ4n) is 4.48. The molecule has 0 radical (unpaired) electrons. The molecule has 1 atom stereocenters. The van der Waals surface area contributed by atoms with Gasteiger partial charge in [0.05, 0.1) is 17.7 Å². The average Bonchev–Trinajstić information content (AvgIpc) is 3.26. The molecule has 6 nitrogen and oxygen atoms in total. The number of piperidine rings is 1. The smallest absolute Gasteiger partial charge is 0.225 e. The third kappa shape index (κ3) is 5.15. The third-order valence-electron chi connectivity index (χ3n) is 6.21. The summed E-state index contributed by atoms with van der Waals surface area (Å²) in [5.74, 6) is 0.439. The molecule has 1 amide bonds. The van der Waals surface area contributed by atoms with E-state index < -0.39 is 0 Å². The number of anilines is 1. The Morgan fingerprint density at radius 3 is 2.74 bits per heavy atom. The van der Waals surface area contributed by atoms with Gasteiger partial charge in [0.2, 0.25) is 5.91 Å². The molecule has 4 rings (SSSR count). The van der Waals surface area contributed by atoms with Gasteiger partial charge in [-0.25, -0.2) is 9.37 Å². The summed E-state index contributed by atoms with van der Waals surface area (Å²) in [5, 5.41) is 10.8. The zero-order valence-electron chi connectivity index (χ0n) is 18.4. The fraction of sp³-hybridized carbons (Fsp3) is 0.583. The fourth-order valence-corrected chi connectivity index (χ4v) is 4.48. The molecule has 0 aliphatic carbocycles. The first-order chi connectivity index (χ1) is 14.9. The van der Waals surface area contributed by atoms with Crippen LogP contribution >= 0.6 is 0 Å². The minimum atomic E-state index is -0.317. The maximum absolute atomic E-state index is 13.8. The van der Waals surface area contributed by atoms with Crippen molar-refractivity contribution < 1.29 is 19.0 Å². The van der Waals surface area contributed by atoms with Gasteiger partial charge in [-0.3, -0.25) is 4.79 Å². The second kappa shape index (κ2) is 9.49. The summed E-state index contributed by atoms with van der Waals surface area (Å²) >= 11 is 0. The number of ether oxygens (including phenoxy) is 1. The highest BCUT2D eigenvalue weighted by Crippen LogP contribution is 2.29. The Balaban J connectivity index is 1.69. The van der Waals surface area contributed by atoms with Gasteiger partial charge < -0.3 is 19.6 Å². The van der Waals surface area contributed by atoms with Gasteiger partial charge in [-0.15, -0.1) is 0 Å². The van der Waals surface area contributed by atoms with Crippen LogP contribution < -0.4 is 4.90 Å². The second-order valence-electron chi connectivity index (χ2n) is 9.03. The van der Waals surface area contributed by atoms with Crippen LogP contribution in [0.25, 0.3) is 10.9 Å². The number of benzene rings is 1. The van der Waals surface area contributed by atoms with Gasteiger partial charge in [-0.05, 0) is 43.9 Å². The standard InChI is InChI=1S/C24H32FN3O3/c1-16(2)24(30)28(15-21-4-3-11-31-21)14-18-12-17-5-6-19(25)13-22(17)26-23(18)27-9-7-20(29)8-10-27/h5-6,12-13,16,20-21,29H,3-4,7-11,14-15H2,1-2H3/t21-/m1/s1. The SMILES string of the molecule is CC(C)C(=O)N(Cc1cc2ccc(F)cc2nc1N1CCC(O)CC1)C[C@H]1CCCO1. The molecule has 2 aliphatic heterocycles. The number of amides is 1. The first kappa shape index (κ1) is 22.0. The van der Waals surface area contributed by atoms with Crippen LogP contribution in [0.3, 0.4) is 0 Å². The van der Waals surface area contributed by atoms with Crippen molar-refractivity contribution in [2.75, 3.05) is 31.1 Å². The Kier molecular flexibility index (Phi) is 6.72. The summed E-state index contributed by atoms with van der Waals surface area (Å²) in [6.45, 7) is 6.96. The molecule has 1 N–H and O–H groups in total. The minimum absolute atomic E-state index is 0.0683. The van der Waals surface area contributed by atoms with E-state index in [1.54, 1.807) is 6.07 Å². The van der Waals surface area contributed by atoms with Crippen LogP contribution in [0.5, 0.6) is 0 Å². The number of nitrogens with zero attached hydrogens (tertiary/aromatic N) is 3. The van der Waals surface area contributed by atoms with Gasteiger partial charge in [0.15, 0.2) is 0 Å². The Hall–Kier alpha value is -2.25. The van der Waals surface area contributed by atoms with E-state index in [1.165, 1.54) is 12.1 Å². The van der Waals surface area contributed by atoms with Crippen molar-refractivity contribution in [1.29, 1.82) is 0 Å². The second-order valence-corrected chi connectivity index (χ2v) is 9.03. The summed E-state index contributed by atoms with van der Waals surface area (Å²) in [6.07, 6.45) is 3.11. The van der Waals surface area contributed by atoms with Crippen molar-refractivity contribution in [1.82, 2.24) is 9.88 Å². The summed E-state index contributed by atoms with van der Waals surface area (Å²) in [6, 6.07) is 6.65. The van der Waals surface area contributed by atoms with E-state index in [4.69, 9.17) is 9.72 Å². The quantitative estimate of drug-likeness (QED) is 0.761. The molecular weight excluding hydrogens is 397 g/mol. The van der Waals surface area contributed by atoms with E-state index in [0.29, 0.717) is 44.5 Å². The van der Waals surface area contributed by atoms with Crippen molar-refractivity contribution in [3.8, 4) is 0 Å². The Morgan fingerprint density at radius 1 is 1.29 bits per heavy atom. The molecule has 3 heterocycles. The van der Waals surface area contributed by atoms with Crippen molar-refractivity contribution in [3.63, 3.8) is 0 Å². The third-order valence-corrected chi connectivity index (χ3v) is 6.21. The lowest BCUT2D eigenvalue weighted by Gasteiger charge is -2.34. The molecule has 1 aromatic carbocycles. The van der Waals surface area contributed by atoms with Crippen molar-refractivity contribution in [2.45, 2.75) is 58.3 Å². The van der Waals surface area contributed by atoms with Crippen LogP contribution in [0.4, 0.5) is 10.2 Å². The number of fused-ring (bicyclic) bond motifs is 1. The van der Waals surface area contributed by atoms with Crippen LogP contribution in [0.15, 0.2) is 24.3 Å². The lowest BCUT2D eigenvalue weighted by molar-refractivity contribution is -0.136. The van der Waals surface area contributed by atoms with E-state index >= 15 is 0 Å². The molecule has 2 aliphatic rings. The molecule has 1 aromatic heterocycles. The topological polar surface area (TPSA) is 65.9 Å². The molecular formula is C24H32FN3O3. The van der Waals surface area contributed by atoms with E-state index in [1.807, 2.05) is 24.8 Å². The number of aromatic nitrogens is 1. The summed E-state index contributed by atoms with van der Waals surface area (Å²) < 4.78 is 19.6. The molecule has 168 valence electrons. The normalized spacial score (nSPS) is 20.0. The van der Waals surface area contributed by atoms with Crippen LogP contribution in [-0.2, 0) is 16.1 Å². The van der Waals surface area contributed by atoms with E-state index in [9.17, 15) is 14.3 Å². The van der Waals surface area contributed by atoms with Crippen molar-refractivity contribution in [3.05, 3.63) is 35.6 Å². The van der Waals surface area contributed by atoms with E-state index in [2.05, 4.69) is 4.90 Å². The molecule has 0 spiro atoms. The number of rotatable bonds is 6. The summed E-state index contributed by atoms with van der Waals surface area (Å²) in [5.41, 5.74) is 1.55. The van der Waals surface area contributed by atoms with Gasteiger partial charge in [0, 0.05) is 55.7 Å². The van der Waals surface area contributed by atoms with Gasteiger partial charge in [-0.1, -0.05) is 13.8 Å². The zero-order valence-corrected chi connectivity index (χ0v) is 18.4. The van der Waals surface area contributed by atoms with Crippen LogP contribution in [0, 0.1) is 11.7 Å². The van der Waals surface area contributed by atoms with Gasteiger partial charge in [-0.2, -0.15) is 0 Å². The van der Waals surface area contributed by atoms with Crippen LogP contribution in [0.2, 0.25) is 0 Å². The Labute approximate surface area is 183 Å². The van der Waals surface area contributed by atoms with Crippen LogP contribution in [-0.4, -0.2) is 59.3 Å². The number of hydrogen-bond acceptors (Lipinski definition) is 5. The number of pyridine rings is 1. The van der Waals surface area contributed by atoms with E-state index in [-0.39, 0.29) is 29.9 Å². The highest BCUT2D eigenvalue weighted by atomic mass is 19.1. The maximum atomic E-state index is 13.8. The van der Waals surface area contributed by atoms with Gasteiger partial charge >= 0.3 is 0 Å². The maximum Gasteiger partial charge on any atom is 0.225 e. The molecule has 2 fully saturated rings. The van der Waals surface area contributed by atoms with Crippen LogP contribution in [0.1, 0.15) is 45.1 Å². The highest BCUT2D eigenvalue weighted by molar-refractivity contribution is 5.83. The molecule has 0 unspecified atom stereocenters. The number of carbonyl (C=O) groups is 1. The minimum Gasteiger partial charge on any atom is -0.393 e. The van der Waals surface area contributed by atoms with Gasteiger partial charge in [0.1, 0.15) is 11.6 Å². The predicted molar refractivity (Wildman–Crippen MR) is 118 cm³/mol. The molecule has 31 heavy (non-hydrogen) atoms. The Bertz CT molecular complexity index is 922. The first-order valence-electron chi connectivity index (χ1n) is 11.3. The molecule has 2 aromatic rings.